The van der Waals surface area contributed by atoms with Crippen LogP contribution in [0.5, 0.6) is 11.5 Å². The van der Waals surface area contributed by atoms with Gasteiger partial charge in [-0.05, 0) is 42.3 Å². The molecule has 154 valence electrons. The molecule has 0 saturated carbocycles. The third kappa shape index (κ3) is 5.04. The SMILES string of the molecule is COc1ccc(C(=O)N2CCCN(C(=O)Cc3ccc(F)cc3)CC2)cc1OC. The van der Waals surface area contributed by atoms with Gasteiger partial charge in [-0.1, -0.05) is 12.1 Å². The number of ether oxygens (including phenoxy) is 2. The summed E-state index contributed by atoms with van der Waals surface area (Å²) < 4.78 is 23.5. The Kier molecular flexibility index (Phi) is 6.69. The van der Waals surface area contributed by atoms with Crippen molar-refractivity contribution in [2.24, 2.45) is 0 Å². The quantitative estimate of drug-likeness (QED) is 0.775. The molecule has 0 N–H and O–H groups in total. The van der Waals surface area contributed by atoms with Gasteiger partial charge < -0.3 is 19.3 Å². The predicted molar refractivity (Wildman–Crippen MR) is 107 cm³/mol. The maximum Gasteiger partial charge on any atom is 0.254 e. The first-order valence-corrected chi connectivity index (χ1v) is 9.55. The van der Waals surface area contributed by atoms with Crippen LogP contribution in [0, 0.1) is 5.82 Å². The zero-order valence-electron chi connectivity index (χ0n) is 16.7. The van der Waals surface area contributed by atoms with Crippen molar-refractivity contribution >= 4 is 11.8 Å². The molecule has 2 aromatic rings. The second-order valence-corrected chi connectivity index (χ2v) is 6.90. The number of methoxy groups -OCH3 is 2. The largest absolute Gasteiger partial charge is 0.493 e. The molecule has 0 atom stereocenters. The normalized spacial score (nSPS) is 14.3. The second kappa shape index (κ2) is 9.41. The van der Waals surface area contributed by atoms with Gasteiger partial charge in [-0.15, -0.1) is 0 Å². The van der Waals surface area contributed by atoms with Gasteiger partial charge in [-0.3, -0.25) is 9.59 Å². The molecule has 6 nitrogen and oxygen atoms in total. The van der Waals surface area contributed by atoms with E-state index >= 15 is 0 Å². The molecule has 0 unspecified atom stereocenters. The van der Waals surface area contributed by atoms with Crippen molar-refractivity contribution in [3.63, 3.8) is 0 Å². The first kappa shape index (κ1) is 20.6. The molecule has 2 aromatic carbocycles. The summed E-state index contributed by atoms with van der Waals surface area (Å²) in [6.07, 6.45) is 0.929. The maximum absolute atomic E-state index is 13.0. The lowest BCUT2D eigenvalue weighted by atomic mass is 10.1. The Morgan fingerprint density at radius 3 is 2.24 bits per heavy atom. The van der Waals surface area contributed by atoms with E-state index in [1.807, 2.05) is 0 Å². The van der Waals surface area contributed by atoms with Crippen LogP contribution in [0.4, 0.5) is 4.39 Å². The third-order valence-electron chi connectivity index (χ3n) is 5.03. The molecule has 3 rings (SSSR count). The van der Waals surface area contributed by atoms with Crippen LogP contribution < -0.4 is 9.47 Å². The summed E-state index contributed by atoms with van der Waals surface area (Å²) in [7, 11) is 3.08. The van der Waals surface area contributed by atoms with Crippen LogP contribution in [0.3, 0.4) is 0 Å². The number of nitrogens with zero attached hydrogens (tertiary/aromatic N) is 2. The fraction of sp³-hybridized carbons (Fsp3) is 0.364. The van der Waals surface area contributed by atoms with E-state index < -0.39 is 0 Å². The number of rotatable bonds is 5. The monoisotopic (exact) mass is 400 g/mol. The van der Waals surface area contributed by atoms with Crippen molar-refractivity contribution in [1.82, 2.24) is 9.80 Å². The molecule has 1 saturated heterocycles. The zero-order valence-corrected chi connectivity index (χ0v) is 16.7. The van der Waals surface area contributed by atoms with E-state index in [1.54, 1.807) is 47.2 Å². The number of amides is 2. The van der Waals surface area contributed by atoms with Crippen LogP contribution in [0.1, 0.15) is 22.3 Å². The van der Waals surface area contributed by atoms with E-state index in [4.69, 9.17) is 9.47 Å². The van der Waals surface area contributed by atoms with Gasteiger partial charge in [-0.2, -0.15) is 0 Å². The average molecular weight is 400 g/mol. The fourth-order valence-electron chi connectivity index (χ4n) is 3.41. The zero-order chi connectivity index (χ0) is 20.8. The Balaban J connectivity index is 1.62. The van der Waals surface area contributed by atoms with Crippen LogP contribution in [-0.2, 0) is 11.2 Å². The van der Waals surface area contributed by atoms with Gasteiger partial charge in [-0.25, -0.2) is 4.39 Å². The smallest absolute Gasteiger partial charge is 0.254 e. The summed E-state index contributed by atoms with van der Waals surface area (Å²) in [4.78, 5) is 29.0. The summed E-state index contributed by atoms with van der Waals surface area (Å²) in [5.41, 5.74) is 1.30. The number of halogens is 1. The molecule has 29 heavy (non-hydrogen) atoms. The fourth-order valence-corrected chi connectivity index (χ4v) is 3.41. The van der Waals surface area contributed by atoms with E-state index in [1.165, 1.54) is 19.2 Å². The molecule has 1 heterocycles. The molecule has 0 aromatic heterocycles. The van der Waals surface area contributed by atoms with Crippen molar-refractivity contribution in [3.05, 3.63) is 59.4 Å². The first-order chi connectivity index (χ1) is 14.0. The highest BCUT2D eigenvalue weighted by Crippen LogP contribution is 2.28. The summed E-state index contributed by atoms with van der Waals surface area (Å²) in [5, 5.41) is 0. The minimum atomic E-state index is -0.319. The Bertz CT molecular complexity index is 870. The van der Waals surface area contributed by atoms with Crippen LogP contribution in [0.2, 0.25) is 0 Å². The molecule has 0 aliphatic carbocycles. The number of hydrogen-bond donors (Lipinski definition) is 0. The summed E-state index contributed by atoms with van der Waals surface area (Å²) in [6, 6.07) is 11.1. The van der Waals surface area contributed by atoms with Crippen molar-refractivity contribution < 1.29 is 23.5 Å². The van der Waals surface area contributed by atoms with Gasteiger partial charge in [0.2, 0.25) is 5.91 Å². The van der Waals surface area contributed by atoms with E-state index in [0.29, 0.717) is 49.7 Å². The number of benzene rings is 2. The molecular formula is C22H25FN2O4. The van der Waals surface area contributed by atoms with E-state index in [2.05, 4.69) is 0 Å². The number of hydrogen-bond acceptors (Lipinski definition) is 4. The molecule has 7 heteroatoms. The highest BCUT2D eigenvalue weighted by Gasteiger charge is 2.23. The summed E-state index contributed by atoms with van der Waals surface area (Å²) in [6.45, 7) is 2.10. The average Bonchev–Trinajstić information content (AvgIpc) is 3.00. The molecule has 1 fully saturated rings. The first-order valence-electron chi connectivity index (χ1n) is 9.55. The highest BCUT2D eigenvalue weighted by atomic mass is 19.1. The van der Waals surface area contributed by atoms with Crippen LogP contribution in [0.25, 0.3) is 0 Å². The lowest BCUT2D eigenvalue weighted by Gasteiger charge is -2.22. The summed E-state index contributed by atoms with van der Waals surface area (Å²) in [5.74, 6) is 0.637. The van der Waals surface area contributed by atoms with Gasteiger partial charge >= 0.3 is 0 Å². The number of carbonyl (C=O) groups excluding carboxylic acids is 2. The van der Waals surface area contributed by atoms with Gasteiger partial charge in [0.25, 0.3) is 5.91 Å². The maximum atomic E-state index is 13.0. The molecule has 1 aliphatic rings. The van der Waals surface area contributed by atoms with Crippen molar-refractivity contribution in [2.75, 3.05) is 40.4 Å². The molecule has 1 aliphatic heterocycles. The molecule has 0 radical (unpaired) electrons. The van der Waals surface area contributed by atoms with E-state index in [9.17, 15) is 14.0 Å². The highest BCUT2D eigenvalue weighted by molar-refractivity contribution is 5.95. The van der Waals surface area contributed by atoms with Crippen molar-refractivity contribution in [1.29, 1.82) is 0 Å². The minimum absolute atomic E-state index is 0.0166. The van der Waals surface area contributed by atoms with Gasteiger partial charge in [0.05, 0.1) is 20.6 Å². The van der Waals surface area contributed by atoms with Gasteiger partial charge in [0.1, 0.15) is 5.82 Å². The van der Waals surface area contributed by atoms with Gasteiger partial charge in [0.15, 0.2) is 11.5 Å². The van der Waals surface area contributed by atoms with Crippen molar-refractivity contribution in [3.8, 4) is 11.5 Å². The predicted octanol–water partition coefficient (Wildman–Crippen LogP) is 2.76. The molecule has 0 bridgehead atoms. The lowest BCUT2D eigenvalue weighted by molar-refractivity contribution is -0.130. The van der Waals surface area contributed by atoms with Crippen LogP contribution in [0.15, 0.2) is 42.5 Å². The van der Waals surface area contributed by atoms with Crippen molar-refractivity contribution in [2.45, 2.75) is 12.8 Å². The Hall–Kier alpha value is -3.09. The molecule has 0 spiro atoms. The van der Waals surface area contributed by atoms with E-state index in [-0.39, 0.29) is 24.1 Å². The number of carbonyl (C=O) groups is 2. The van der Waals surface area contributed by atoms with Gasteiger partial charge in [0, 0.05) is 31.7 Å². The molecule has 2 amide bonds. The lowest BCUT2D eigenvalue weighted by Crippen LogP contribution is -2.38. The van der Waals surface area contributed by atoms with E-state index in [0.717, 1.165) is 5.56 Å². The standard InChI is InChI=1S/C22H25FN2O4/c1-28-19-9-6-17(15-20(19)29-2)22(27)25-11-3-10-24(12-13-25)21(26)14-16-4-7-18(23)8-5-16/h4-9,15H,3,10-14H2,1-2H3. The summed E-state index contributed by atoms with van der Waals surface area (Å²) >= 11 is 0. The second-order valence-electron chi connectivity index (χ2n) is 6.90. The topological polar surface area (TPSA) is 59.1 Å². The Labute approximate surface area is 169 Å². The van der Waals surface area contributed by atoms with Crippen LogP contribution in [-0.4, -0.2) is 62.0 Å². The minimum Gasteiger partial charge on any atom is -0.493 e. The Morgan fingerprint density at radius 1 is 0.897 bits per heavy atom. The molecular weight excluding hydrogens is 375 g/mol. The Morgan fingerprint density at radius 2 is 1.55 bits per heavy atom. The van der Waals surface area contributed by atoms with Crippen LogP contribution >= 0.6 is 0 Å². The third-order valence-corrected chi connectivity index (χ3v) is 5.03.